The molecule has 2 amide bonds. The van der Waals surface area contributed by atoms with Crippen LogP contribution in [-0.4, -0.2) is 47.6 Å². The number of fused-ring (bicyclic) bond motifs is 1. The van der Waals surface area contributed by atoms with Gasteiger partial charge in [-0.2, -0.15) is 0 Å². The van der Waals surface area contributed by atoms with Crippen molar-refractivity contribution in [1.82, 2.24) is 20.5 Å². The molecule has 2 atom stereocenters. The number of hydrogen-bond acceptors (Lipinski definition) is 6. The minimum atomic E-state index is -0.383. The molecule has 1 aromatic heterocycles. The molecular formula is C20H24N4O3S. The van der Waals surface area contributed by atoms with Gasteiger partial charge in [0.15, 0.2) is 0 Å². The summed E-state index contributed by atoms with van der Waals surface area (Å²) < 4.78 is 6.40. The maximum Gasteiger partial charge on any atom is 0.337 e. The summed E-state index contributed by atoms with van der Waals surface area (Å²) in [6, 6.07) is 7.67. The number of benzene rings is 1. The Balaban J connectivity index is 1.62. The Morgan fingerprint density at radius 2 is 2.21 bits per heavy atom. The number of hydrogen-bond donors (Lipinski definition) is 2. The van der Waals surface area contributed by atoms with Crippen molar-refractivity contribution < 1.29 is 14.3 Å². The van der Waals surface area contributed by atoms with E-state index < -0.39 is 0 Å². The minimum Gasteiger partial charge on any atom is -0.463 e. The first-order chi connectivity index (χ1) is 13.6. The zero-order valence-electron chi connectivity index (χ0n) is 16.0. The number of carbonyl (C=O) groups excluding carboxylic acids is 2. The monoisotopic (exact) mass is 400 g/mol. The Labute approximate surface area is 167 Å². The number of amides is 2. The summed E-state index contributed by atoms with van der Waals surface area (Å²) in [7, 11) is 0. The van der Waals surface area contributed by atoms with E-state index in [4.69, 9.17) is 9.72 Å². The summed E-state index contributed by atoms with van der Waals surface area (Å²) in [5.74, 6) is -0.381. The van der Waals surface area contributed by atoms with E-state index in [2.05, 4.69) is 21.6 Å². The number of likely N-dealkylation sites (tertiary alicyclic amines) is 1. The summed E-state index contributed by atoms with van der Waals surface area (Å²) in [6.45, 7) is 5.28. The minimum absolute atomic E-state index is 0.190. The van der Waals surface area contributed by atoms with Crippen LogP contribution < -0.4 is 10.6 Å². The number of urea groups is 1. The third-order valence-corrected chi connectivity index (χ3v) is 6.32. The topological polar surface area (TPSA) is 83.6 Å². The Bertz CT molecular complexity index is 905. The molecule has 148 valence electrons. The maximum absolute atomic E-state index is 12.5. The second-order valence-corrected chi connectivity index (χ2v) is 8.14. The van der Waals surface area contributed by atoms with Gasteiger partial charge in [0.05, 0.1) is 34.5 Å². The summed E-state index contributed by atoms with van der Waals surface area (Å²) in [6.07, 6.45) is 2.08. The molecule has 2 N–H and O–H groups in total. The van der Waals surface area contributed by atoms with Crippen molar-refractivity contribution in [3.63, 3.8) is 0 Å². The molecule has 2 unspecified atom stereocenters. The molecule has 0 bridgehead atoms. The highest BCUT2D eigenvalue weighted by molar-refractivity contribution is 7.18. The third kappa shape index (κ3) is 3.62. The first-order valence-corrected chi connectivity index (χ1v) is 10.5. The number of para-hydroxylation sites is 1. The Morgan fingerprint density at radius 3 is 3.00 bits per heavy atom. The van der Waals surface area contributed by atoms with E-state index in [-0.39, 0.29) is 24.1 Å². The van der Waals surface area contributed by atoms with E-state index in [1.807, 2.05) is 18.2 Å². The van der Waals surface area contributed by atoms with Gasteiger partial charge in [-0.1, -0.05) is 12.1 Å². The molecule has 0 radical (unpaired) electrons. The van der Waals surface area contributed by atoms with Crippen LogP contribution in [0.15, 0.2) is 35.5 Å². The molecule has 28 heavy (non-hydrogen) atoms. The molecule has 0 aliphatic carbocycles. The molecule has 2 aliphatic rings. The van der Waals surface area contributed by atoms with E-state index in [0.29, 0.717) is 24.4 Å². The molecular weight excluding hydrogens is 376 g/mol. The number of ether oxygens (including phenoxy) is 1. The predicted molar refractivity (Wildman–Crippen MR) is 108 cm³/mol. The summed E-state index contributed by atoms with van der Waals surface area (Å²) in [5.41, 5.74) is 2.14. The zero-order valence-corrected chi connectivity index (χ0v) is 16.8. The SMILES string of the molecule is CCOC(=O)C1=C(CN2CCCC2c2nc3ccccc3s2)NC(=O)NC1C. The Morgan fingerprint density at radius 1 is 1.39 bits per heavy atom. The highest BCUT2D eigenvalue weighted by Crippen LogP contribution is 2.37. The lowest BCUT2D eigenvalue weighted by Crippen LogP contribution is -2.51. The number of nitrogens with zero attached hydrogens (tertiary/aromatic N) is 2. The van der Waals surface area contributed by atoms with Crippen LogP contribution in [0.1, 0.15) is 37.7 Å². The van der Waals surface area contributed by atoms with Crippen molar-refractivity contribution in [2.24, 2.45) is 0 Å². The van der Waals surface area contributed by atoms with Gasteiger partial charge in [-0.25, -0.2) is 14.6 Å². The molecule has 4 rings (SSSR count). The van der Waals surface area contributed by atoms with Gasteiger partial charge < -0.3 is 15.4 Å². The lowest BCUT2D eigenvalue weighted by molar-refractivity contribution is -0.139. The van der Waals surface area contributed by atoms with Gasteiger partial charge >= 0.3 is 12.0 Å². The van der Waals surface area contributed by atoms with Gasteiger partial charge in [-0.3, -0.25) is 4.90 Å². The molecule has 8 heteroatoms. The van der Waals surface area contributed by atoms with E-state index in [1.165, 1.54) is 4.70 Å². The van der Waals surface area contributed by atoms with Gasteiger partial charge in [-0.15, -0.1) is 11.3 Å². The van der Waals surface area contributed by atoms with Crippen molar-refractivity contribution in [1.29, 1.82) is 0 Å². The van der Waals surface area contributed by atoms with Crippen LogP contribution in [0.2, 0.25) is 0 Å². The van der Waals surface area contributed by atoms with Crippen LogP contribution in [0.25, 0.3) is 10.2 Å². The standard InChI is InChI=1S/C20H24N4O3S/c1-3-27-19(25)17-12(2)21-20(26)23-14(17)11-24-10-6-8-15(24)18-22-13-7-4-5-9-16(13)28-18/h4-5,7,9,12,15H,3,6,8,10-11H2,1-2H3,(H2,21,23,26). The fourth-order valence-corrected chi connectivity index (χ4v) is 5.07. The molecule has 1 saturated heterocycles. The van der Waals surface area contributed by atoms with Crippen LogP contribution in [0.4, 0.5) is 4.79 Å². The highest BCUT2D eigenvalue weighted by Gasteiger charge is 2.34. The van der Waals surface area contributed by atoms with Crippen LogP contribution in [0.3, 0.4) is 0 Å². The zero-order chi connectivity index (χ0) is 19.7. The first kappa shape index (κ1) is 18.9. The maximum atomic E-state index is 12.5. The number of esters is 1. The third-order valence-electron chi connectivity index (χ3n) is 5.19. The smallest absolute Gasteiger partial charge is 0.337 e. The molecule has 2 aromatic rings. The van der Waals surface area contributed by atoms with E-state index in [9.17, 15) is 9.59 Å². The fourth-order valence-electron chi connectivity index (χ4n) is 3.93. The Hall–Kier alpha value is -2.45. The molecule has 0 saturated carbocycles. The Kier molecular flexibility index (Phi) is 5.32. The molecule has 1 fully saturated rings. The van der Waals surface area contributed by atoms with Crippen LogP contribution in [-0.2, 0) is 9.53 Å². The lowest BCUT2D eigenvalue weighted by atomic mass is 10.0. The fraction of sp³-hybridized carbons (Fsp3) is 0.450. The summed E-state index contributed by atoms with van der Waals surface area (Å²) in [5, 5.41) is 6.67. The summed E-state index contributed by atoms with van der Waals surface area (Å²) in [4.78, 5) is 31.6. The largest absolute Gasteiger partial charge is 0.463 e. The normalized spacial score (nSPS) is 23.0. The average Bonchev–Trinajstić information content (AvgIpc) is 3.27. The number of aromatic nitrogens is 1. The van der Waals surface area contributed by atoms with Crippen molar-refractivity contribution >= 4 is 33.6 Å². The van der Waals surface area contributed by atoms with Crippen molar-refractivity contribution in [3.05, 3.63) is 40.5 Å². The number of carbonyl (C=O) groups is 2. The van der Waals surface area contributed by atoms with Gasteiger partial charge in [0.2, 0.25) is 0 Å². The summed E-state index contributed by atoms with van der Waals surface area (Å²) >= 11 is 1.72. The van der Waals surface area contributed by atoms with Gasteiger partial charge in [0, 0.05) is 12.2 Å². The quantitative estimate of drug-likeness (QED) is 0.754. The van der Waals surface area contributed by atoms with Gasteiger partial charge in [0.1, 0.15) is 5.01 Å². The molecule has 2 aliphatic heterocycles. The van der Waals surface area contributed by atoms with Crippen molar-refractivity contribution in [2.75, 3.05) is 19.7 Å². The number of thiazole rings is 1. The van der Waals surface area contributed by atoms with E-state index in [1.54, 1.807) is 25.2 Å². The average molecular weight is 401 g/mol. The van der Waals surface area contributed by atoms with E-state index in [0.717, 1.165) is 29.9 Å². The predicted octanol–water partition coefficient (Wildman–Crippen LogP) is 2.95. The van der Waals surface area contributed by atoms with Crippen LogP contribution in [0.5, 0.6) is 0 Å². The van der Waals surface area contributed by atoms with Gasteiger partial charge in [0.25, 0.3) is 0 Å². The first-order valence-electron chi connectivity index (χ1n) is 9.64. The lowest BCUT2D eigenvalue weighted by Gasteiger charge is -2.30. The van der Waals surface area contributed by atoms with Crippen molar-refractivity contribution in [3.8, 4) is 0 Å². The molecule has 0 spiro atoms. The van der Waals surface area contributed by atoms with Crippen LogP contribution >= 0.6 is 11.3 Å². The molecule has 7 nitrogen and oxygen atoms in total. The number of rotatable bonds is 5. The highest BCUT2D eigenvalue weighted by atomic mass is 32.1. The second kappa shape index (κ2) is 7.89. The number of nitrogens with one attached hydrogen (secondary N) is 2. The van der Waals surface area contributed by atoms with Gasteiger partial charge in [-0.05, 0) is 45.4 Å². The van der Waals surface area contributed by atoms with E-state index >= 15 is 0 Å². The molecule has 1 aromatic carbocycles. The van der Waals surface area contributed by atoms with Crippen molar-refractivity contribution in [2.45, 2.75) is 38.8 Å². The van der Waals surface area contributed by atoms with Crippen LogP contribution in [0, 0.1) is 0 Å². The second-order valence-electron chi connectivity index (χ2n) is 7.08. The molecule has 3 heterocycles.